The lowest BCUT2D eigenvalue weighted by molar-refractivity contribution is 1.31. The van der Waals surface area contributed by atoms with Gasteiger partial charge in [0, 0.05) is 0 Å². The molecule has 0 bridgehead atoms. The molecule has 0 rings (SSSR count). The van der Waals surface area contributed by atoms with E-state index in [0.29, 0.717) is 10.7 Å². The fraction of sp³-hybridized carbons (Fsp3) is 0.167. The van der Waals surface area contributed by atoms with E-state index in [1.165, 1.54) is 11.7 Å². The summed E-state index contributed by atoms with van der Waals surface area (Å²) in [4.78, 5) is 3.71. The fourth-order valence-electron chi connectivity index (χ4n) is 0.283. The molecule has 0 radical (unpaired) electrons. The number of aliphatic imine (C=N–C) groups is 1. The average molecular weight is 164 g/mol. The summed E-state index contributed by atoms with van der Waals surface area (Å²) >= 11 is 10.8. The zero-order valence-electron chi connectivity index (χ0n) is 5.06. The van der Waals surface area contributed by atoms with Gasteiger partial charge in [0.05, 0.1) is 16.4 Å². The quantitative estimate of drug-likeness (QED) is 0.439. The average Bonchev–Trinajstić information content (AvgIpc) is 1.87. The van der Waals surface area contributed by atoms with Gasteiger partial charge in [-0.05, 0) is 13.0 Å². The number of rotatable bonds is 2. The van der Waals surface area contributed by atoms with E-state index in [-0.39, 0.29) is 0 Å². The molecular formula is C6H7Cl2N. The Kier molecular flexibility index (Phi) is 4.46. The van der Waals surface area contributed by atoms with Gasteiger partial charge in [-0.1, -0.05) is 29.8 Å². The Bertz CT molecular complexity index is 158. The third-order valence-electron chi connectivity index (χ3n) is 0.767. The summed E-state index contributed by atoms with van der Waals surface area (Å²) in [5.74, 6) is 0. The Morgan fingerprint density at radius 3 is 2.56 bits per heavy atom. The summed E-state index contributed by atoms with van der Waals surface area (Å²) in [5.41, 5.74) is 1.84. The van der Waals surface area contributed by atoms with Crippen LogP contribution < -0.4 is 0 Å². The first-order chi connectivity index (χ1) is 4.22. The van der Waals surface area contributed by atoms with Crippen molar-refractivity contribution in [3.05, 3.63) is 23.4 Å². The van der Waals surface area contributed by atoms with Crippen LogP contribution in [0.15, 0.2) is 28.4 Å². The van der Waals surface area contributed by atoms with Gasteiger partial charge in [-0.3, -0.25) is 0 Å². The molecule has 0 heterocycles. The highest BCUT2D eigenvalue weighted by Crippen LogP contribution is 2.09. The first-order valence-electron chi connectivity index (χ1n) is 2.34. The predicted molar refractivity (Wildman–Crippen MR) is 43.1 cm³/mol. The van der Waals surface area contributed by atoms with Gasteiger partial charge < -0.3 is 0 Å². The third-order valence-corrected chi connectivity index (χ3v) is 1.29. The second kappa shape index (κ2) is 4.59. The minimum atomic E-state index is 0.520. The van der Waals surface area contributed by atoms with Crippen LogP contribution in [0, 0.1) is 0 Å². The maximum atomic E-state index is 5.58. The minimum absolute atomic E-state index is 0.520. The lowest BCUT2D eigenvalue weighted by Crippen LogP contribution is -1.71. The number of allylic oxidation sites excluding steroid dienone is 3. The normalized spacial score (nSPS) is 13.7. The lowest BCUT2D eigenvalue weighted by Gasteiger charge is -1.89. The van der Waals surface area contributed by atoms with Crippen molar-refractivity contribution >= 4 is 28.9 Å². The van der Waals surface area contributed by atoms with Gasteiger partial charge in [0.1, 0.15) is 0 Å². The van der Waals surface area contributed by atoms with Gasteiger partial charge in [-0.2, -0.15) is 0 Å². The Balaban J connectivity index is 4.27. The largest absolute Gasteiger partial charge is 0.248 e. The summed E-state index contributed by atoms with van der Waals surface area (Å²) < 4.78 is 0. The second-order valence-corrected chi connectivity index (χ2v) is 1.97. The molecule has 0 aliphatic heterocycles. The van der Waals surface area contributed by atoms with Crippen LogP contribution in [0.1, 0.15) is 6.92 Å². The Morgan fingerprint density at radius 1 is 1.67 bits per heavy atom. The van der Waals surface area contributed by atoms with Crippen molar-refractivity contribution in [1.82, 2.24) is 0 Å². The van der Waals surface area contributed by atoms with Gasteiger partial charge in [0.25, 0.3) is 0 Å². The molecule has 0 N–H and O–H groups in total. The van der Waals surface area contributed by atoms with Gasteiger partial charge in [0.2, 0.25) is 0 Å². The highest BCUT2D eigenvalue weighted by atomic mass is 35.5. The van der Waals surface area contributed by atoms with Crippen molar-refractivity contribution < 1.29 is 0 Å². The van der Waals surface area contributed by atoms with Crippen molar-refractivity contribution in [3.63, 3.8) is 0 Å². The first kappa shape index (κ1) is 8.73. The number of hydrogen-bond acceptors (Lipinski definition) is 1. The zero-order chi connectivity index (χ0) is 7.28. The molecule has 0 aromatic carbocycles. The Morgan fingerprint density at radius 2 is 2.22 bits per heavy atom. The maximum absolute atomic E-state index is 5.58. The van der Waals surface area contributed by atoms with Gasteiger partial charge >= 0.3 is 0 Å². The molecule has 1 nitrogen and oxygen atoms in total. The summed E-state index contributed by atoms with van der Waals surface area (Å²) in [6.45, 7) is 5.21. The topological polar surface area (TPSA) is 12.4 Å². The van der Waals surface area contributed by atoms with Crippen LogP contribution in [0.25, 0.3) is 0 Å². The molecule has 0 spiro atoms. The standard InChI is InChI=1S/C6H7Cl2N/c1-3-6(8)5(2)9-4-7/h3-4H,1H2,2H3/b6-5+,9-4?. The molecule has 0 aromatic rings. The molecule has 0 aliphatic carbocycles. The number of halogens is 2. The van der Waals surface area contributed by atoms with Crippen molar-refractivity contribution in [2.45, 2.75) is 6.92 Å². The van der Waals surface area contributed by atoms with E-state index in [2.05, 4.69) is 11.6 Å². The molecule has 0 aromatic heterocycles. The smallest absolute Gasteiger partial charge is 0.0930 e. The fourth-order valence-corrected chi connectivity index (χ4v) is 0.478. The first-order valence-corrected chi connectivity index (χ1v) is 3.15. The van der Waals surface area contributed by atoms with Gasteiger partial charge in [0.15, 0.2) is 0 Å². The molecule has 3 heteroatoms. The molecule has 0 unspecified atom stereocenters. The van der Waals surface area contributed by atoms with Crippen molar-refractivity contribution in [1.29, 1.82) is 0 Å². The van der Waals surface area contributed by atoms with Crippen LogP contribution in [0.4, 0.5) is 0 Å². The highest BCUT2D eigenvalue weighted by molar-refractivity contribution is 6.56. The van der Waals surface area contributed by atoms with Gasteiger partial charge in [-0.15, -0.1) is 0 Å². The Labute approximate surface area is 64.7 Å². The lowest BCUT2D eigenvalue weighted by atomic mass is 10.4. The molecule has 9 heavy (non-hydrogen) atoms. The summed E-state index contributed by atoms with van der Waals surface area (Å²) in [6, 6.07) is 0. The van der Waals surface area contributed by atoms with E-state index in [1.807, 2.05) is 0 Å². The summed E-state index contributed by atoms with van der Waals surface area (Å²) in [6.07, 6.45) is 1.51. The van der Waals surface area contributed by atoms with Crippen LogP contribution in [-0.4, -0.2) is 5.67 Å². The molecule has 0 aliphatic rings. The van der Waals surface area contributed by atoms with Crippen molar-refractivity contribution in [2.24, 2.45) is 4.99 Å². The molecule has 0 amide bonds. The maximum Gasteiger partial charge on any atom is 0.0930 e. The third kappa shape index (κ3) is 3.33. The van der Waals surface area contributed by atoms with Crippen LogP contribution in [0.3, 0.4) is 0 Å². The summed E-state index contributed by atoms with van der Waals surface area (Å²) in [7, 11) is 0. The van der Waals surface area contributed by atoms with E-state index in [1.54, 1.807) is 6.92 Å². The molecule has 0 saturated heterocycles. The number of hydrogen-bond donors (Lipinski definition) is 0. The van der Waals surface area contributed by atoms with Crippen LogP contribution in [-0.2, 0) is 0 Å². The highest BCUT2D eigenvalue weighted by Gasteiger charge is 1.88. The van der Waals surface area contributed by atoms with Gasteiger partial charge in [-0.25, -0.2) is 4.99 Å². The minimum Gasteiger partial charge on any atom is -0.248 e. The Hall–Kier alpha value is -0.270. The second-order valence-electron chi connectivity index (χ2n) is 1.36. The van der Waals surface area contributed by atoms with E-state index in [4.69, 9.17) is 23.2 Å². The van der Waals surface area contributed by atoms with Crippen LogP contribution in [0.2, 0.25) is 0 Å². The zero-order valence-corrected chi connectivity index (χ0v) is 6.58. The van der Waals surface area contributed by atoms with Crippen molar-refractivity contribution in [3.8, 4) is 0 Å². The molecular weight excluding hydrogens is 157 g/mol. The molecule has 0 fully saturated rings. The van der Waals surface area contributed by atoms with E-state index >= 15 is 0 Å². The summed E-state index contributed by atoms with van der Waals surface area (Å²) in [5, 5.41) is 0.520. The van der Waals surface area contributed by atoms with Crippen LogP contribution >= 0.6 is 23.2 Å². The van der Waals surface area contributed by atoms with Crippen molar-refractivity contribution in [2.75, 3.05) is 0 Å². The molecule has 0 saturated carbocycles. The SMILES string of the molecule is C=C/C(Cl)=C(/C)N=CCl. The van der Waals surface area contributed by atoms with E-state index < -0.39 is 0 Å². The van der Waals surface area contributed by atoms with E-state index in [9.17, 15) is 0 Å². The monoisotopic (exact) mass is 163 g/mol. The van der Waals surface area contributed by atoms with E-state index in [0.717, 1.165) is 0 Å². The van der Waals surface area contributed by atoms with Crippen LogP contribution in [0.5, 0.6) is 0 Å². The number of nitrogens with zero attached hydrogens (tertiary/aromatic N) is 1. The predicted octanol–water partition coefficient (Wildman–Crippen LogP) is 2.91. The molecule has 0 atom stereocenters. The molecule has 50 valence electrons.